The summed E-state index contributed by atoms with van der Waals surface area (Å²) in [5, 5.41) is 25.3. The number of nitro groups is 1. The maximum absolute atomic E-state index is 12.3. The summed E-state index contributed by atoms with van der Waals surface area (Å²) >= 11 is 10.8. The van der Waals surface area contributed by atoms with E-state index >= 15 is 0 Å². The molecule has 0 saturated heterocycles. The van der Waals surface area contributed by atoms with Crippen molar-refractivity contribution in [2.45, 2.75) is 0 Å². The molecule has 0 unspecified atom stereocenters. The first kappa shape index (κ1) is 20.2. The van der Waals surface area contributed by atoms with Crippen LogP contribution in [0.4, 0.5) is 11.4 Å². The molecule has 142 valence electrons. The van der Waals surface area contributed by atoms with Gasteiger partial charge in [-0.15, -0.1) is 0 Å². The molecule has 0 radical (unpaired) electrons. The van der Waals surface area contributed by atoms with Crippen LogP contribution in [-0.2, 0) is 0 Å². The quantitative estimate of drug-likeness (QED) is 0.297. The highest BCUT2D eigenvalue weighted by atomic mass is 35.5. The Hall–Kier alpha value is -3.11. The SMILES string of the molecule is COc1ccc(C(=O)NC(=S)Nc2cc([N+](=O)[O-])cc(Cl)c2O)cc1OC. The number of nitro benzene ring substituents is 1. The number of non-ortho nitro benzene ring substituents is 1. The normalized spacial score (nSPS) is 10.0. The van der Waals surface area contributed by atoms with E-state index in [9.17, 15) is 20.0 Å². The Morgan fingerprint density at radius 1 is 1.22 bits per heavy atom. The van der Waals surface area contributed by atoms with Crippen molar-refractivity contribution in [3.8, 4) is 17.2 Å². The van der Waals surface area contributed by atoms with Gasteiger partial charge in [-0.2, -0.15) is 0 Å². The fourth-order valence-corrected chi connectivity index (χ4v) is 2.51. The number of thiocarbonyl (C=S) groups is 1. The van der Waals surface area contributed by atoms with Gasteiger partial charge in [0.2, 0.25) is 0 Å². The Kier molecular flexibility index (Phi) is 6.37. The number of ether oxygens (including phenoxy) is 2. The largest absolute Gasteiger partial charge is 0.504 e. The molecule has 1 amide bonds. The zero-order chi connectivity index (χ0) is 20.1. The van der Waals surface area contributed by atoms with Gasteiger partial charge in [0.15, 0.2) is 22.4 Å². The number of phenols is 1. The molecule has 2 aromatic rings. The van der Waals surface area contributed by atoms with Gasteiger partial charge in [-0.25, -0.2) is 0 Å². The molecule has 0 aliphatic rings. The van der Waals surface area contributed by atoms with Crippen LogP contribution >= 0.6 is 23.8 Å². The van der Waals surface area contributed by atoms with E-state index in [1.54, 1.807) is 6.07 Å². The van der Waals surface area contributed by atoms with Crippen LogP contribution in [0.25, 0.3) is 0 Å². The predicted molar refractivity (Wildman–Crippen MR) is 103 cm³/mol. The van der Waals surface area contributed by atoms with Gasteiger partial charge in [0, 0.05) is 17.7 Å². The number of anilines is 1. The molecule has 0 atom stereocenters. The molecule has 0 heterocycles. The summed E-state index contributed by atoms with van der Waals surface area (Å²) in [6, 6.07) is 6.54. The van der Waals surface area contributed by atoms with E-state index in [0.29, 0.717) is 11.5 Å². The van der Waals surface area contributed by atoms with Gasteiger partial charge in [0.25, 0.3) is 11.6 Å². The second-order valence-corrected chi connectivity index (χ2v) is 5.87. The molecule has 27 heavy (non-hydrogen) atoms. The molecule has 0 fully saturated rings. The summed E-state index contributed by atoms with van der Waals surface area (Å²) in [6.07, 6.45) is 0. The molecule has 2 rings (SSSR count). The van der Waals surface area contributed by atoms with Crippen LogP contribution in [0.15, 0.2) is 30.3 Å². The van der Waals surface area contributed by atoms with Crippen molar-refractivity contribution in [2.24, 2.45) is 0 Å². The van der Waals surface area contributed by atoms with Gasteiger partial charge in [0.1, 0.15) is 0 Å². The highest BCUT2D eigenvalue weighted by Crippen LogP contribution is 2.36. The lowest BCUT2D eigenvalue weighted by atomic mass is 10.2. The zero-order valence-corrected chi connectivity index (χ0v) is 15.7. The average molecular weight is 412 g/mol. The highest BCUT2D eigenvalue weighted by molar-refractivity contribution is 7.80. The lowest BCUT2D eigenvalue weighted by molar-refractivity contribution is -0.384. The minimum Gasteiger partial charge on any atom is -0.504 e. The summed E-state index contributed by atoms with van der Waals surface area (Å²) in [5.74, 6) is -0.201. The number of carbonyl (C=O) groups excluding carboxylic acids is 1. The van der Waals surface area contributed by atoms with Gasteiger partial charge < -0.3 is 19.9 Å². The Morgan fingerprint density at radius 2 is 1.89 bits per heavy atom. The molecule has 9 nitrogen and oxygen atoms in total. The molecule has 0 saturated carbocycles. The second-order valence-electron chi connectivity index (χ2n) is 5.06. The average Bonchev–Trinajstić information content (AvgIpc) is 2.64. The maximum Gasteiger partial charge on any atom is 0.273 e. The van der Waals surface area contributed by atoms with E-state index < -0.39 is 16.6 Å². The number of methoxy groups -OCH3 is 2. The summed E-state index contributed by atoms with van der Waals surface area (Å²) in [6.45, 7) is 0. The van der Waals surface area contributed by atoms with E-state index in [-0.39, 0.29) is 27.1 Å². The number of hydrogen-bond donors (Lipinski definition) is 3. The molecule has 0 aliphatic carbocycles. The van der Waals surface area contributed by atoms with E-state index in [1.807, 2.05) is 0 Å². The number of hydrogen-bond acceptors (Lipinski definition) is 7. The standard InChI is InChI=1S/C16H14ClN3O6S/c1-25-12-4-3-8(5-13(12)26-2)15(22)19-16(27)18-11-7-9(20(23)24)6-10(17)14(11)21/h3-7,21H,1-2H3,(H2,18,19,22,27). The van der Waals surface area contributed by atoms with Gasteiger partial charge in [0.05, 0.1) is 29.9 Å². The number of nitrogens with one attached hydrogen (secondary N) is 2. The molecule has 3 N–H and O–H groups in total. The van der Waals surface area contributed by atoms with Crippen LogP contribution in [0, 0.1) is 10.1 Å². The van der Waals surface area contributed by atoms with Crippen molar-refractivity contribution in [1.29, 1.82) is 0 Å². The summed E-state index contributed by atoms with van der Waals surface area (Å²) in [5.41, 5.74) is -0.237. The Balaban J connectivity index is 2.16. The Morgan fingerprint density at radius 3 is 2.48 bits per heavy atom. The monoisotopic (exact) mass is 411 g/mol. The number of nitrogens with zero attached hydrogens (tertiary/aromatic N) is 1. The zero-order valence-electron chi connectivity index (χ0n) is 14.1. The third-order valence-corrected chi connectivity index (χ3v) is 3.87. The summed E-state index contributed by atoms with van der Waals surface area (Å²) < 4.78 is 10.2. The number of carbonyl (C=O) groups is 1. The minimum atomic E-state index is -0.679. The first-order chi connectivity index (χ1) is 12.8. The first-order valence-corrected chi connectivity index (χ1v) is 8.06. The van der Waals surface area contributed by atoms with Crippen molar-refractivity contribution in [1.82, 2.24) is 5.32 Å². The third-order valence-electron chi connectivity index (χ3n) is 3.38. The molecule has 0 spiro atoms. The number of phenolic OH excluding ortho intramolecular Hbond substituents is 1. The molecule has 2 aromatic carbocycles. The van der Waals surface area contributed by atoms with E-state index in [1.165, 1.54) is 26.4 Å². The number of amides is 1. The van der Waals surface area contributed by atoms with E-state index in [4.69, 9.17) is 33.3 Å². The van der Waals surface area contributed by atoms with Crippen molar-refractivity contribution < 1.29 is 24.3 Å². The molecular formula is C16H14ClN3O6S. The Labute approximate surface area is 164 Å². The summed E-state index contributed by atoms with van der Waals surface area (Å²) in [7, 11) is 2.90. The number of rotatable bonds is 5. The van der Waals surface area contributed by atoms with E-state index in [0.717, 1.165) is 12.1 Å². The minimum absolute atomic E-state index is 0.119. The smallest absolute Gasteiger partial charge is 0.273 e. The lowest BCUT2D eigenvalue weighted by Crippen LogP contribution is -2.34. The van der Waals surface area contributed by atoms with Gasteiger partial charge in [-0.1, -0.05) is 11.6 Å². The maximum atomic E-state index is 12.3. The predicted octanol–water partition coefficient (Wildman–Crippen LogP) is 3.10. The van der Waals surface area contributed by atoms with Crippen molar-refractivity contribution in [3.05, 3.63) is 51.0 Å². The second kappa shape index (κ2) is 8.52. The number of benzene rings is 2. The number of halogens is 1. The molecule has 0 aromatic heterocycles. The van der Waals surface area contributed by atoms with Crippen molar-refractivity contribution >= 4 is 46.2 Å². The lowest BCUT2D eigenvalue weighted by Gasteiger charge is -2.13. The van der Waals surface area contributed by atoms with Crippen LogP contribution in [0.1, 0.15) is 10.4 Å². The van der Waals surface area contributed by atoms with Crippen LogP contribution in [0.3, 0.4) is 0 Å². The topological polar surface area (TPSA) is 123 Å². The first-order valence-electron chi connectivity index (χ1n) is 7.28. The van der Waals surface area contributed by atoms with E-state index in [2.05, 4.69) is 10.6 Å². The van der Waals surface area contributed by atoms with Crippen LogP contribution in [0.2, 0.25) is 5.02 Å². The third kappa shape index (κ3) is 4.74. The van der Waals surface area contributed by atoms with Crippen LogP contribution < -0.4 is 20.1 Å². The highest BCUT2D eigenvalue weighted by Gasteiger charge is 2.17. The molecular weight excluding hydrogens is 398 g/mol. The van der Waals surface area contributed by atoms with Crippen LogP contribution in [0.5, 0.6) is 17.2 Å². The fourth-order valence-electron chi connectivity index (χ4n) is 2.09. The molecule has 0 bridgehead atoms. The van der Waals surface area contributed by atoms with Gasteiger partial charge in [-0.3, -0.25) is 20.2 Å². The summed E-state index contributed by atoms with van der Waals surface area (Å²) in [4.78, 5) is 22.5. The van der Waals surface area contributed by atoms with Crippen LogP contribution in [-0.4, -0.2) is 35.3 Å². The molecule has 0 aliphatic heterocycles. The molecule has 11 heteroatoms. The number of aromatic hydroxyl groups is 1. The van der Waals surface area contributed by atoms with Crippen molar-refractivity contribution in [3.63, 3.8) is 0 Å². The van der Waals surface area contributed by atoms with Gasteiger partial charge >= 0.3 is 0 Å². The van der Waals surface area contributed by atoms with Gasteiger partial charge in [-0.05, 0) is 30.4 Å². The Bertz CT molecular complexity index is 921. The fraction of sp³-hybridized carbons (Fsp3) is 0.125. The van der Waals surface area contributed by atoms with Crippen molar-refractivity contribution in [2.75, 3.05) is 19.5 Å².